The van der Waals surface area contributed by atoms with Crippen molar-refractivity contribution in [1.29, 1.82) is 5.26 Å². The summed E-state index contributed by atoms with van der Waals surface area (Å²) in [5, 5.41) is 22.3. The third kappa shape index (κ3) is 6.69. The maximum atomic E-state index is 13.1. The summed E-state index contributed by atoms with van der Waals surface area (Å²) in [6.07, 6.45) is 3.92. The van der Waals surface area contributed by atoms with Crippen molar-refractivity contribution in [2.45, 2.75) is 51.0 Å². The first-order chi connectivity index (χ1) is 22.4. The molecule has 0 atom stereocenters. The highest BCUT2D eigenvalue weighted by Crippen LogP contribution is 2.41. The number of nitrogens with zero attached hydrogens (tertiary/aromatic N) is 5. The Labute approximate surface area is 274 Å². The van der Waals surface area contributed by atoms with Crippen LogP contribution in [0.25, 0.3) is 32.2 Å². The quantitative estimate of drug-likeness (QED) is 0.231. The first-order valence-corrected chi connectivity index (χ1v) is 16.0. The smallest absolute Gasteiger partial charge is 0.475 e. The molecule has 1 aromatic carbocycles. The average Bonchev–Trinajstić information content (AvgIpc) is 3.67. The number of thiophene rings is 1. The number of fused-ring (bicyclic) bond motifs is 2. The van der Waals surface area contributed by atoms with E-state index in [2.05, 4.69) is 33.2 Å². The molecule has 2 fully saturated rings. The van der Waals surface area contributed by atoms with E-state index in [-0.39, 0.29) is 23.8 Å². The molecule has 5 aromatic rings. The Morgan fingerprint density at radius 1 is 1.13 bits per heavy atom. The summed E-state index contributed by atoms with van der Waals surface area (Å²) >= 11 is 8.16. The lowest BCUT2D eigenvalue weighted by Gasteiger charge is -2.32. The molecule has 1 saturated carbocycles. The van der Waals surface area contributed by atoms with Crippen LogP contribution in [-0.4, -0.2) is 49.0 Å². The molecule has 1 aliphatic heterocycles. The van der Waals surface area contributed by atoms with E-state index in [4.69, 9.17) is 21.5 Å². The Hall–Kier alpha value is -4.45. The Bertz CT molecular complexity index is 2150. The lowest BCUT2D eigenvalue weighted by atomic mass is 9.80. The number of aliphatic carboxylic acids is 1. The molecule has 47 heavy (non-hydrogen) atoms. The molecule has 2 aliphatic rings. The number of halogens is 4. The van der Waals surface area contributed by atoms with E-state index < -0.39 is 17.6 Å². The number of rotatable bonds is 6. The van der Waals surface area contributed by atoms with E-state index in [9.17, 15) is 28.0 Å². The number of carboxylic acids is 1. The minimum absolute atomic E-state index is 0.196. The highest BCUT2D eigenvalue weighted by molar-refractivity contribution is 7.19. The number of nitriles is 1. The van der Waals surface area contributed by atoms with E-state index >= 15 is 0 Å². The Balaban J connectivity index is 0.000000499. The van der Waals surface area contributed by atoms with E-state index in [1.54, 1.807) is 17.0 Å². The van der Waals surface area contributed by atoms with Crippen molar-refractivity contribution < 1.29 is 23.1 Å². The zero-order valence-electron chi connectivity index (χ0n) is 24.8. The van der Waals surface area contributed by atoms with Crippen LogP contribution in [-0.2, 0) is 17.9 Å². The van der Waals surface area contributed by atoms with Gasteiger partial charge in [0.1, 0.15) is 0 Å². The molecule has 0 bridgehead atoms. The largest absolute Gasteiger partial charge is 0.490 e. The van der Waals surface area contributed by atoms with Gasteiger partial charge in [-0.05, 0) is 69.1 Å². The van der Waals surface area contributed by atoms with Crippen molar-refractivity contribution in [2.24, 2.45) is 5.41 Å². The summed E-state index contributed by atoms with van der Waals surface area (Å²) in [7, 11) is 0. The molecule has 244 valence electrons. The van der Waals surface area contributed by atoms with Gasteiger partial charge in [0, 0.05) is 63.7 Å². The van der Waals surface area contributed by atoms with E-state index in [0.717, 1.165) is 75.9 Å². The maximum absolute atomic E-state index is 13.1. The number of aromatic nitrogens is 4. The molecule has 7 rings (SSSR count). The van der Waals surface area contributed by atoms with Gasteiger partial charge in [-0.1, -0.05) is 11.6 Å². The standard InChI is InChI=1S/C30H27ClN6O2S.C2HF3O2/c31-20-13-19-4-11-35(18-30(17-32)6-9-33-10-7-30)27(19)24(14-20)23-3-8-34-25-15-22(40-28(23)25)16-37-26(38)5-12-36(29(37)39)21-1-2-21;3-2(4,5)1(6)7/h3-5,8,11-15,21,33H,1-2,6-7,9-10,16,18H2;(H,6,7). The number of nitrogens with one attached hydrogen (secondary N) is 1. The monoisotopic (exact) mass is 684 g/mol. The third-order valence-corrected chi connectivity index (χ3v) is 9.80. The summed E-state index contributed by atoms with van der Waals surface area (Å²) in [5.74, 6) is -2.76. The highest BCUT2D eigenvalue weighted by Gasteiger charge is 2.38. The normalized spacial score (nSPS) is 16.1. The molecule has 4 aromatic heterocycles. The number of benzene rings is 1. The van der Waals surface area contributed by atoms with Crippen LogP contribution < -0.4 is 16.6 Å². The molecule has 0 radical (unpaired) electrons. The fourth-order valence-corrected chi connectivity index (χ4v) is 7.28. The van der Waals surface area contributed by atoms with Crippen LogP contribution in [0.5, 0.6) is 0 Å². The molecule has 0 amide bonds. The number of carbonyl (C=O) groups is 1. The molecule has 10 nitrogen and oxygen atoms in total. The summed E-state index contributed by atoms with van der Waals surface area (Å²) in [6.45, 7) is 2.48. The van der Waals surface area contributed by atoms with Gasteiger partial charge in [0.15, 0.2) is 0 Å². The minimum Gasteiger partial charge on any atom is -0.475 e. The highest BCUT2D eigenvalue weighted by atomic mass is 35.5. The molecule has 15 heteroatoms. The van der Waals surface area contributed by atoms with E-state index in [1.807, 2.05) is 24.3 Å². The predicted molar refractivity (Wildman–Crippen MR) is 172 cm³/mol. The maximum Gasteiger partial charge on any atom is 0.490 e. The van der Waals surface area contributed by atoms with Crippen molar-refractivity contribution in [3.8, 4) is 17.2 Å². The first-order valence-electron chi connectivity index (χ1n) is 14.8. The lowest BCUT2D eigenvalue weighted by molar-refractivity contribution is -0.192. The van der Waals surface area contributed by atoms with Gasteiger partial charge in [0.05, 0.1) is 33.8 Å². The molecule has 5 heterocycles. The van der Waals surface area contributed by atoms with Crippen LogP contribution in [0.15, 0.2) is 64.6 Å². The van der Waals surface area contributed by atoms with Gasteiger partial charge in [-0.25, -0.2) is 9.59 Å². The van der Waals surface area contributed by atoms with E-state index in [1.165, 1.54) is 22.0 Å². The number of piperidine rings is 1. The number of carboxylic acid groups (broad SMARTS) is 1. The van der Waals surface area contributed by atoms with Crippen LogP contribution >= 0.6 is 22.9 Å². The second kappa shape index (κ2) is 12.6. The topological polar surface area (TPSA) is 135 Å². The number of hydrogen-bond donors (Lipinski definition) is 2. The molecule has 1 saturated heterocycles. The number of alkyl halides is 3. The zero-order valence-corrected chi connectivity index (χ0v) is 26.3. The van der Waals surface area contributed by atoms with Crippen LogP contribution in [0.1, 0.15) is 36.6 Å². The van der Waals surface area contributed by atoms with Gasteiger partial charge in [-0.15, -0.1) is 11.3 Å². The van der Waals surface area contributed by atoms with Gasteiger partial charge >= 0.3 is 17.8 Å². The molecular weight excluding hydrogens is 657 g/mol. The van der Waals surface area contributed by atoms with Gasteiger partial charge in [0.2, 0.25) is 0 Å². The first kappa shape index (κ1) is 32.5. The second-order valence-corrected chi connectivity index (χ2v) is 13.3. The summed E-state index contributed by atoms with van der Waals surface area (Å²) in [5.41, 5.74) is 2.82. The van der Waals surface area contributed by atoms with Crippen LogP contribution in [0.3, 0.4) is 0 Å². The fraction of sp³-hybridized carbons (Fsp3) is 0.344. The average molecular weight is 685 g/mol. The lowest BCUT2D eigenvalue weighted by Crippen LogP contribution is -2.38. The van der Waals surface area contributed by atoms with Crippen LogP contribution in [0.4, 0.5) is 13.2 Å². The Morgan fingerprint density at radius 3 is 2.51 bits per heavy atom. The zero-order chi connectivity index (χ0) is 33.5. The van der Waals surface area contributed by atoms with Crippen molar-refractivity contribution in [1.82, 2.24) is 24.0 Å². The summed E-state index contributed by atoms with van der Waals surface area (Å²) in [4.78, 5) is 40.1. The molecule has 0 unspecified atom stereocenters. The third-order valence-electron chi connectivity index (χ3n) is 8.44. The van der Waals surface area contributed by atoms with Gasteiger partial charge in [-0.2, -0.15) is 18.4 Å². The number of pyridine rings is 1. The van der Waals surface area contributed by atoms with Crippen molar-refractivity contribution >= 4 is 50.0 Å². The Kier molecular flexibility index (Phi) is 8.73. The van der Waals surface area contributed by atoms with Gasteiger partial charge < -0.3 is 15.0 Å². The van der Waals surface area contributed by atoms with Gasteiger partial charge in [0.25, 0.3) is 5.56 Å². The summed E-state index contributed by atoms with van der Waals surface area (Å²) in [6, 6.07) is 14.2. The van der Waals surface area contributed by atoms with Crippen LogP contribution in [0, 0.1) is 16.7 Å². The molecule has 0 spiro atoms. The van der Waals surface area contributed by atoms with Crippen molar-refractivity contribution in [3.63, 3.8) is 0 Å². The minimum atomic E-state index is -5.08. The van der Waals surface area contributed by atoms with Crippen LogP contribution in [0.2, 0.25) is 5.02 Å². The summed E-state index contributed by atoms with van der Waals surface area (Å²) < 4.78 is 37.9. The fourth-order valence-electron chi connectivity index (χ4n) is 5.93. The molecule has 2 N–H and O–H groups in total. The van der Waals surface area contributed by atoms with Crippen molar-refractivity contribution in [2.75, 3.05) is 13.1 Å². The van der Waals surface area contributed by atoms with E-state index in [0.29, 0.717) is 11.6 Å². The predicted octanol–water partition coefficient (Wildman–Crippen LogP) is 5.80. The number of hydrogen-bond acceptors (Lipinski definition) is 7. The molecular formula is C32H28ClF3N6O4S. The van der Waals surface area contributed by atoms with Crippen molar-refractivity contribution in [3.05, 3.63) is 85.7 Å². The molecule has 1 aliphatic carbocycles. The SMILES string of the molecule is N#CC1(Cn2ccc3cc(Cl)cc(-c4ccnc5cc(Cn6c(=O)ccn(C7CC7)c6=O)sc45)c32)CCNCC1.O=C(O)C(F)(F)F. The Morgan fingerprint density at radius 2 is 1.85 bits per heavy atom. The second-order valence-electron chi connectivity index (χ2n) is 11.7. The van der Waals surface area contributed by atoms with Gasteiger partial charge in [-0.3, -0.25) is 18.9 Å².